The summed E-state index contributed by atoms with van der Waals surface area (Å²) in [5, 5.41) is 15.0. The maximum atomic E-state index is 11.6. The lowest BCUT2D eigenvalue weighted by Gasteiger charge is -2.04. The number of phenolic OH excluding ortho intramolecular Hbond substituents is 1. The smallest absolute Gasteiger partial charge is 0.323 e. The summed E-state index contributed by atoms with van der Waals surface area (Å²) < 4.78 is 0. The number of nitrogens with one attached hydrogen (secondary N) is 2. The van der Waals surface area contributed by atoms with E-state index in [1.54, 1.807) is 30.3 Å². The Bertz CT molecular complexity index is 624. The number of rotatable bonds is 3. The van der Waals surface area contributed by atoms with Crippen molar-refractivity contribution >= 4 is 29.4 Å². The van der Waals surface area contributed by atoms with Gasteiger partial charge >= 0.3 is 6.03 Å². The van der Waals surface area contributed by atoms with E-state index in [4.69, 9.17) is 16.7 Å². The van der Waals surface area contributed by atoms with Crippen molar-refractivity contribution in [2.45, 2.75) is 0 Å². The van der Waals surface area contributed by atoms with E-state index in [1.807, 2.05) is 12.1 Å². The molecule has 2 aromatic carbocycles. The molecule has 2 amide bonds. The van der Waals surface area contributed by atoms with E-state index in [0.717, 1.165) is 5.56 Å². The Hall–Kier alpha value is -2.46. The molecular weight excluding hydrogens is 276 g/mol. The van der Waals surface area contributed by atoms with Crippen LogP contribution >= 0.6 is 11.6 Å². The second-order valence-corrected chi connectivity index (χ2v) is 4.47. The fourth-order valence-electron chi connectivity index (χ4n) is 1.54. The number of carbonyl (C=O) groups is 1. The first kappa shape index (κ1) is 14.0. The summed E-state index contributed by atoms with van der Waals surface area (Å²) in [6.07, 6.45) is 3.27. The Balaban J connectivity index is 1.87. The molecule has 0 saturated heterocycles. The minimum absolute atomic E-state index is 0.150. The average Bonchev–Trinajstić information content (AvgIpc) is 2.41. The van der Waals surface area contributed by atoms with Crippen LogP contribution in [0.1, 0.15) is 5.56 Å². The van der Waals surface area contributed by atoms with Crippen molar-refractivity contribution in [2.75, 3.05) is 5.32 Å². The minimum atomic E-state index is -0.367. The summed E-state index contributed by atoms with van der Waals surface area (Å²) >= 11 is 5.85. The second kappa shape index (κ2) is 6.63. The molecular formula is C15H13ClN2O2. The predicted octanol–water partition coefficient (Wildman–Crippen LogP) is 3.84. The number of hydrogen-bond donors (Lipinski definition) is 3. The zero-order valence-electron chi connectivity index (χ0n) is 10.5. The first-order chi connectivity index (χ1) is 9.63. The highest BCUT2D eigenvalue weighted by molar-refractivity contribution is 6.30. The molecule has 0 bridgehead atoms. The number of aromatic hydroxyl groups is 1. The predicted molar refractivity (Wildman–Crippen MR) is 80.7 cm³/mol. The number of amides is 2. The second-order valence-electron chi connectivity index (χ2n) is 4.03. The van der Waals surface area contributed by atoms with Crippen molar-refractivity contribution < 1.29 is 9.90 Å². The van der Waals surface area contributed by atoms with Crippen LogP contribution in [0.15, 0.2) is 54.7 Å². The largest absolute Gasteiger partial charge is 0.508 e. The quantitative estimate of drug-likeness (QED) is 0.752. The molecule has 4 nitrogen and oxygen atoms in total. The molecule has 3 N–H and O–H groups in total. The van der Waals surface area contributed by atoms with Gasteiger partial charge in [-0.25, -0.2) is 4.79 Å². The van der Waals surface area contributed by atoms with E-state index < -0.39 is 0 Å². The highest BCUT2D eigenvalue weighted by Gasteiger charge is 1.98. The third-order valence-electron chi connectivity index (χ3n) is 2.46. The topological polar surface area (TPSA) is 61.4 Å². The van der Waals surface area contributed by atoms with E-state index in [9.17, 15) is 4.79 Å². The summed E-state index contributed by atoms with van der Waals surface area (Å²) in [5.41, 5.74) is 1.49. The molecule has 20 heavy (non-hydrogen) atoms. The molecule has 5 heteroatoms. The van der Waals surface area contributed by atoms with Gasteiger partial charge in [-0.15, -0.1) is 0 Å². The lowest BCUT2D eigenvalue weighted by atomic mass is 10.2. The molecule has 0 atom stereocenters. The van der Waals surface area contributed by atoms with Crippen LogP contribution in [0, 0.1) is 0 Å². The van der Waals surface area contributed by atoms with Crippen LogP contribution in [-0.2, 0) is 0 Å². The Morgan fingerprint density at radius 3 is 2.60 bits per heavy atom. The van der Waals surface area contributed by atoms with Crippen molar-refractivity contribution in [3.63, 3.8) is 0 Å². The van der Waals surface area contributed by atoms with Gasteiger partial charge in [0, 0.05) is 16.9 Å². The summed E-state index contributed by atoms with van der Waals surface area (Å²) in [5.74, 6) is 0.150. The Morgan fingerprint density at radius 1 is 1.15 bits per heavy atom. The van der Waals surface area contributed by atoms with Gasteiger partial charge in [0.1, 0.15) is 5.75 Å². The van der Waals surface area contributed by atoms with Gasteiger partial charge in [0.05, 0.1) is 0 Å². The number of phenols is 1. The Kier molecular flexibility index (Phi) is 4.63. The number of benzene rings is 2. The van der Waals surface area contributed by atoms with Crippen LogP contribution in [0.25, 0.3) is 6.08 Å². The van der Waals surface area contributed by atoms with Crippen molar-refractivity contribution in [1.29, 1.82) is 0 Å². The fraction of sp³-hybridized carbons (Fsp3) is 0. The summed E-state index contributed by atoms with van der Waals surface area (Å²) in [7, 11) is 0. The van der Waals surface area contributed by atoms with Crippen molar-refractivity contribution in [3.8, 4) is 5.75 Å². The first-order valence-corrected chi connectivity index (χ1v) is 6.30. The standard InChI is InChI=1S/C15H13ClN2O2/c16-12-3-1-2-11(10-12)8-9-17-15(20)18-13-4-6-14(19)7-5-13/h1-10,19H,(H2,17,18,20)/b9-8+. The number of halogens is 1. The zero-order chi connectivity index (χ0) is 14.4. The molecule has 0 radical (unpaired) electrons. The molecule has 0 heterocycles. The van der Waals surface area contributed by atoms with Crippen LogP contribution in [-0.4, -0.2) is 11.1 Å². The van der Waals surface area contributed by atoms with Crippen molar-refractivity contribution in [3.05, 3.63) is 65.3 Å². The Morgan fingerprint density at radius 2 is 1.90 bits per heavy atom. The summed E-state index contributed by atoms with van der Waals surface area (Å²) in [6, 6.07) is 13.1. The van der Waals surface area contributed by atoms with E-state index in [-0.39, 0.29) is 11.8 Å². The first-order valence-electron chi connectivity index (χ1n) is 5.92. The normalized spacial score (nSPS) is 10.4. The SMILES string of the molecule is O=C(N/C=C/c1cccc(Cl)c1)Nc1ccc(O)cc1. The van der Waals surface area contributed by atoms with Gasteiger partial charge in [-0.1, -0.05) is 23.7 Å². The van der Waals surface area contributed by atoms with E-state index >= 15 is 0 Å². The monoisotopic (exact) mass is 288 g/mol. The highest BCUT2D eigenvalue weighted by atomic mass is 35.5. The third kappa shape index (κ3) is 4.33. The molecule has 0 aromatic heterocycles. The highest BCUT2D eigenvalue weighted by Crippen LogP contribution is 2.13. The molecule has 0 aliphatic carbocycles. The van der Waals surface area contributed by atoms with E-state index in [2.05, 4.69) is 10.6 Å². The molecule has 0 aliphatic rings. The van der Waals surface area contributed by atoms with Gasteiger partial charge in [-0.05, 0) is 48.0 Å². The molecule has 2 aromatic rings. The number of anilines is 1. The number of urea groups is 1. The Labute approximate surface area is 121 Å². The average molecular weight is 289 g/mol. The molecule has 0 spiro atoms. The number of hydrogen-bond acceptors (Lipinski definition) is 2. The van der Waals surface area contributed by atoms with E-state index in [1.165, 1.54) is 18.3 Å². The molecule has 2 rings (SSSR count). The van der Waals surface area contributed by atoms with Crippen LogP contribution in [0.5, 0.6) is 5.75 Å². The van der Waals surface area contributed by atoms with Gasteiger partial charge in [-0.3, -0.25) is 0 Å². The maximum Gasteiger partial charge on any atom is 0.323 e. The van der Waals surface area contributed by atoms with E-state index in [0.29, 0.717) is 10.7 Å². The van der Waals surface area contributed by atoms with Crippen molar-refractivity contribution in [2.24, 2.45) is 0 Å². The van der Waals surface area contributed by atoms with Gasteiger partial charge < -0.3 is 15.7 Å². The molecule has 0 unspecified atom stereocenters. The zero-order valence-corrected chi connectivity index (χ0v) is 11.3. The van der Waals surface area contributed by atoms with Gasteiger partial charge in [0.15, 0.2) is 0 Å². The molecule has 0 aliphatic heterocycles. The van der Waals surface area contributed by atoms with Gasteiger partial charge in [0.2, 0.25) is 0 Å². The summed E-state index contributed by atoms with van der Waals surface area (Å²) in [4.78, 5) is 11.6. The lowest BCUT2D eigenvalue weighted by Crippen LogP contribution is -2.23. The summed E-state index contributed by atoms with van der Waals surface area (Å²) in [6.45, 7) is 0. The van der Waals surface area contributed by atoms with Gasteiger partial charge in [-0.2, -0.15) is 0 Å². The third-order valence-corrected chi connectivity index (χ3v) is 2.70. The lowest BCUT2D eigenvalue weighted by molar-refractivity contribution is 0.255. The van der Waals surface area contributed by atoms with Crippen LogP contribution in [0.4, 0.5) is 10.5 Å². The number of carbonyl (C=O) groups excluding carboxylic acids is 1. The maximum absolute atomic E-state index is 11.6. The van der Waals surface area contributed by atoms with Crippen LogP contribution in [0.2, 0.25) is 5.02 Å². The fourth-order valence-corrected chi connectivity index (χ4v) is 1.73. The molecule has 0 fully saturated rings. The van der Waals surface area contributed by atoms with Gasteiger partial charge in [0.25, 0.3) is 0 Å². The minimum Gasteiger partial charge on any atom is -0.508 e. The molecule has 102 valence electrons. The molecule has 0 saturated carbocycles. The van der Waals surface area contributed by atoms with Crippen molar-refractivity contribution in [1.82, 2.24) is 5.32 Å². The van der Waals surface area contributed by atoms with Crippen LogP contribution < -0.4 is 10.6 Å². The van der Waals surface area contributed by atoms with Crippen LogP contribution in [0.3, 0.4) is 0 Å².